The van der Waals surface area contributed by atoms with Crippen LogP contribution in [0.4, 0.5) is 17.1 Å². The predicted octanol–water partition coefficient (Wildman–Crippen LogP) is 6.88. The number of para-hydroxylation sites is 1. The van der Waals surface area contributed by atoms with Crippen LogP contribution in [0.1, 0.15) is 18.1 Å². The number of nitrogens with zero attached hydrogens (tertiary/aromatic N) is 3. The van der Waals surface area contributed by atoms with Crippen LogP contribution in [0.3, 0.4) is 0 Å². The summed E-state index contributed by atoms with van der Waals surface area (Å²) in [5, 5.41) is 2.47. The van der Waals surface area contributed by atoms with Crippen molar-refractivity contribution in [3.05, 3.63) is 102 Å². The summed E-state index contributed by atoms with van der Waals surface area (Å²) < 4.78 is 0. The Kier molecular flexibility index (Phi) is 5.09. The van der Waals surface area contributed by atoms with Crippen molar-refractivity contribution in [2.24, 2.45) is 9.98 Å². The summed E-state index contributed by atoms with van der Waals surface area (Å²) in [5.74, 6) is 0. The molecule has 0 saturated heterocycles. The lowest BCUT2D eigenvalue weighted by molar-refractivity contribution is 0.753. The van der Waals surface area contributed by atoms with Crippen molar-refractivity contribution in [1.29, 1.82) is 0 Å². The molecule has 3 nitrogen and oxygen atoms in total. The molecule has 1 aliphatic heterocycles. The molecule has 0 saturated carbocycles. The number of fused-ring (bicyclic) bond motifs is 1. The standard InChI is InChI=1S/C28H25N3/c1-20-8-3-6-12-27(20)31(28-13-7-10-22-9-4-5-11-25(22)28)24-16-14-23(15-17-24)26-19-29-21(2)18-30-26/h3-17,19,21H,18H2,1-2H3. The van der Waals surface area contributed by atoms with E-state index in [4.69, 9.17) is 0 Å². The maximum atomic E-state index is 4.68. The third-order valence-electron chi connectivity index (χ3n) is 5.76. The molecule has 3 heteroatoms. The molecule has 0 fully saturated rings. The maximum absolute atomic E-state index is 4.68. The van der Waals surface area contributed by atoms with Crippen LogP contribution >= 0.6 is 0 Å². The van der Waals surface area contributed by atoms with Crippen molar-refractivity contribution in [3.63, 3.8) is 0 Å². The van der Waals surface area contributed by atoms with Gasteiger partial charge in [-0.25, -0.2) is 0 Å². The Bertz CT molecular complexity index is 1280. The van der Waals surface area contributed by atoms with Crippen LogP contribution in [0, 0.1) is 6.92 Å². The molecule has 0 amide bonds. The lowest BCUT2D eigenvalue weighted by Gasteiger charge is -2.28. The van der Waals surface area contributed by atoms with Crippen molar-refractivity contribution in [2.45, 2.75) is 19.9 Å². The lowest BCUT2D eigenvalue weighted by atomic mass is 10.0. The molecular weight excluding hydrogens is 378 g/mol. The van der Waals surface area contributed by atoms with E-state index in [-0.39, 0.29) is 6.04 Å². The van der Waals surface area contributed by atoms with Gasteiger partial charge >= 0.3 is 0 Å². The minimum atomic E-state index is 0.269. The van der Waals surface area contributed by atoms with Gasteiger partial charge in [0.2, 0.25) is 0 Å². The van der Waals surface area contributed by atoms with Gasteiger partial charge < -0.3 is 4.90 Å². The monoisotopic (exact) mass is 403 g/mol. The maximum Gasteiger partial charge on any atom is 0.0825 e. The Morgan fingerprint density at radius 1 is 0.774 bits per heavy atom. The Morgan fingerprint density at radius 3 is 2.26 bits per heavy atom. The van der Waals surface area contributed by atoms with Gasteiger partial charge in [-0.1, -0.05) is 66.7 Å². The van der Waals surface area contributed by atoms with Crippen LogP contribution in [0.15, 0.2) is 101 Å². The van der Waals surface area contributed by atoms with Gasteiger partial charge in [0.25, 0.3) is 0 Å². The molecule has 0 aromatic heterocycles. The van der Waals surface area contributed by atoms with Crippen LogP contribution in [-0.2, 0) is 0 Å². The first-order chi connectivity index (χ1) is 15.2. The molecule has 4 aromatic rings. The van der Waals surface area contributed by atoms with E-state index in [0.29, 0.717) is 0 Å². The average molecular weight is 404 g/mol. The van der Waals surface area contributed by atoms with Crippen LogP contribution < -0.4 is 4.90 Å². The number of benzene rings is 4. The van der Waals surface area contributed by atoms with E-state index < -0.39 is 0 Å². The number of anilines is 3. The van der Waals surface area contributed by atoms with Gasteiger partial charge in [-0.05, 0) is 49.1 Å². The van der Waals surface area contributed by atoms with Gasteiger partial charge in [-0.3, -0.25) is 9.98 Å². The molecule has 0 bridgehead atoms. The van der Waals surface area contributed by atoms with E-state index in [9.17, 15) is 0 Å². The lowest BCUT2D eigenvalue weighted by Crippen LogP contribution is -2.16. The Morgan fingerprint density at radius 2 is 1.48 bits per heavy atom. The van der Waals surface area contributed by atoms with Gasteiger partial charge in [0.05, 0.1) is 24.0 Å². The van der Waals surface area contributed by atoms with Crippen molar-refractivity contribution in [3.8, 4) is 0 Å². The van der Waals surface area contributed by atoms with E-state index >= 15 is 0 Å². The second-order valence-electron chi connectivity index (χ2n) is 8.02. The van der Waals surface area contributed by atoms with E-state index in [2.05, 4.69) is 120 Å². The third-order valence-corrected chi connectivity index (χ3v) is 5.76. The minimum Gasteiger partial charge on any atom is -0.310 e. The molecule has 0 aliphatic carbocycles. The highest BCUT2D eigenvalue weighted by Crippen LogP contribution is 2.40. The normalized spacial score (nSPS) is 15.7. The first-order valence-corrected chi connectivity index (χ1v) is 10.7. The van der Waals surface area contributed by atoms with Crippen LogP contribution in [0.5, 0.6) is 0 Å². The SMILES string of the molecule is Cc1ccccc1N(c1ccc(C2=NCC(C)N=C2)cc1)c1cccc2ccccc12. The van der Waals surface area contributed by atoms with Crippen molar-refractivity contribution < 1.29 is 0 Å². The van der Waals surface area contributed by atoms with E-state index in [1.54, 1.807) is 0 Å². The van der Waals surface area contributed by atoms with E-state index in [0.717, 1.165) is 23.5 Å². The van der Waals surface area contributed by atoms with Crippen molar-refractivity contribution in [2.75, 3.05) is 11.4 Å². The quantitative estimate of drug-likeness (QED) is 0.365. The van der Waals surface area contributed by atoms with Crippen LogP contribution in [-0.4, -0.2) is 24.5 Å². The minimum absolute atomic E-state index is 0.269. The fraction of sp³-hybridized carbons (Fsp3) is 0.143. The van der Waals surface area contributed by atoms with E-state index in [1.807, 2.05) is 6.21 Å². The summed E-state index contributed by atoms with van der Waals surface area (Å²) >= 11 is 0. The Hall–Kier alpha value is -3.72. The zero-order valence-corrected chi connectivity index (χ0v) is 17.9. The number of rotatable bonds is 4. The summed E-state index contributed by atoms with van der Waals surface area (Å²) in [6, 6.07) is 32.5. The molecule has 4 aromatic carbocycles. The fourth-order valence-corrected chi connectivity index (χ4v) is 4.09. The van der Waals surface area contributed by atoms with Gasteiger partial charge in [0.1, 0.15) is 0 Å². The molecule has 1 atom stereocenters. The average Bonchev–Trinajstić information content (AvgIpc) is 2.82. The molecule has 0 radical (unpaired) electrons. The van der Waals surface area contributed by atoms with Crippen LogP contribution in [0.25, 0.3) is 10.8 Å². The smallest absolute Gasteiger partial charge is 0.0825 e. The zero-order chi connectivity index (χ0) is 21.2. The summed E-state index contributed by atoms with van der Waals surface area (Å²) in [4.78, 5) is 11.5. The Balaban J connectivity index is 1.63. The molecule has 1 aliphatic rings. The molecule has 152 valence electrons. The second-order valence-corrected chi connectivity index (χ2v) is 8.02. The molecule has 31 heavy (non-hydrogen) atoms. The second kappa shape index (κ2) is 8.19. The molecule has 0 N–H and O–H groups in total. The topological polar surface area (TPSA) is 28.0 Å². The number of hydrogen-bond acceptors (Lipinski definition) is 3. The number of aliphatic imine (C=N–C) groups is 2. The zero-order valence-electron chi connectivity index (χ0n) is 17.9. The molecule has 1 unspecified atom stereocenters. The van der Waals surface area contributed by atoms with Gasteiger partial charge in [0, 0.05) is 28.5 Å². The van der Waals surface area contributed by atoms with E-state index in [1.165, 1.54) is 27.7 Å². The molecule has 5 rings (SSSR count). The van der Waals surface area contributed by atoms with Gasteiger partial charge in [0.15, 0.2) is 0 Å². The first kappa shape index (κ1) is 19.3. The molecule has 1 heterocycles. The summed E-state index contributed by atoms with van der Waals surface area (Å²) in [6.07, 6.45) is 1.90. The molecule has 0 spiro atoms. The number of aryl methyl sites for hydroxylation is 1. The third kappa shape index (κ3) is 3.75. The van der Waals surface area contributed by atoms with Crippen LogP contribution in [0.2, 0.25) is 0 Å². The predicted molar refractivity (Wildman–Crippen MR) is 133 cm³/mol. The van der Waals surface area contributed by atoms with Crippen molar-refractivity contribution >= 4 is 39.8 Å². The first-order valence-electron chi connectivity index (χ1n) is 10.7. The fourth-order valence-electron chi connectivity index (χ4n) is 4.09. The summed E-state index contributed by atoms with van der Waals surface area (Å²) in [7, 11) is 0. The number of hydrogen-bond donors (Lipinski definition) is 0. The summed E-state index contributed by atoms with van der Waals surface area (Å²) in [5.41, 5.74) is 6.76. The van der Waals surface area contributed by atoms with Gasteiger partial charge in [-0.2, -0.15) is 0 Å². The highest BCUT2D eigenvalue weighted by Gasteiger charge is 2.17. The Labute approximate surface area is 183 Å². The largest absolute Gasteiger partial charge is 0.310 e. The molecular formula is C28H25N3. The summed E-state index contributed by atoms with van der Waals surface area (Å²) in [6.45, 7) is 5.00. The highest BCUT2D eigenvalue weighted by atomic mass is 15.1. The highest BCUT2D eigenvalue weighted by molar-refractivity contribution is 6.38. The van der Waals surface area contributed by atoms with Crippen molar-refractivity contribution in [1.82, 2.24) is 0 Å². The van der Waals surface area contributed by atoms with Gasteiger partial charge in [-0.15, -0.1) is 0 Å².